The van der Waals surface area contributed by atoms with Crippen molar-refractivity contribution in [2.45, 2.75) is 17.7 Å². The number of anilines is 1. The molecule has 3 aromatic rings. The van der Waals surface area contributed by atoms with Crippen LogP contribution in [0.2, 0.25) is 0 Å². The summed E-state index contributed by atoms with van der Waals surface area (Å²) in [5, 5.41) is 9.91. The van der Waals surface area contributed by atoms with Crippen molar-refractivity contribution in [2.75, 3.05) is 38.3 Å². The van der Waals surface area contributed by atoms with Crippen LogP contribution in [0.25, 0.3) is 10.2 Å². The van der Waals surface area contributed by atoms with Crippen molar-refractivity contribution in [1.82, 2.24) is 9.29 Å². The topological polar surface area (TPSA) is 104 Å². The van der Waals surface area contributed by atoms with Crippen LogP contribution in [-0.2, 0) is 19.6 Å². The molecule has 2 aromatic carbocycles. The fraction of sp³-hybridized carbons (Fsp3) is 0.348. The van der Waals surface area contributed by atoms with Crippen LogP contribution < -0.4 is 4.90 Å². The van der Waals surface area contributed by atoms with Gasteiger partial charge in [0, 0.05) is 26.1 Å². The molecule has 10 heteroatoms. The molecule has 0 saturated carbocycles. The Morgan fingerprint density at radius 2 is 1.91 bits per heavy atom. The lowest BCUT2D eigenvalue weighted by molar-refractivity contribution is -0.123. The summed E-state index contributed by atoms with van der Waals surface area (Å²) in [6.07, 6.45) is 0.808. The third-order valence-corrected chi connectivity index (χ3v) is 8.74. The van der Waals surface area contributed by atoms with Gasteiger partial charge in [0.2, 0.25) is 15.9 Å². The summed E-state index contributed by atoms with van der Waals surface area (Å²) in [6, 6.07) is 15.9. The molecule has 33 heavy (non-hydrogen) atoms. The number of para-hydroxylation sites is 1. The number of aromatic nitrogens is 1. The molecule has 1 saturated heterocycles. The van der Waals surface area contributed by atoms with Gasteiger partial charge in [-0.3, -0.25) is 9.69 Å². The zero-order chi connectivity index (χ0) is 23.4. The number of amides is 1. The van der Waals surface area contributed by atoms with Gasteiger partial charge >= 0.3 is 0 Å². The number of carbonyl (C=O) groups excluding carboxylic acids is 1. The van der Waals surface area contributed by atoms with Crippen LogP contribution in [-0.4, -0.2) is 57.0 Å². The van der Waals surface area contributed by atoms with Crippen molar-refractivity contribution in [2.24, 2.45) is 5.92 Å². The molecule has 0 bridgehead atoms. The maximum atomic E-state index is 13.4. The van der Waals surface area contributed by atoms with E-state index in [-0.39, 0.29) is 35.4 Å². The second-order valence-electron chi connectivity index (χ2n) is 7.73. The Morgan fingerprint density at radius 3 is 2.61 bits per heavy atom. The molecule has 1 fully saturated rings. The number of piperidine rings is 1. The number of sulfonamides is 1. The van der Waals surface area contributed by atoms with Gasteiger partial charge in [-0.1, -0.05) is 35.6 Å². The summed E-state index contributed by atoms with van der Waals surface area (Å²) in [5.41, 5.74) is 0.960. The van der Waals surface area contributed by atoms with Gasteiger partial charge < -0.3 is 4.74 Å². The summed E-state index contributed by atoms with van der Waals surface area (Å²) in [4.78, 5) is 19.7. The highest BCUT2D eigenvalue weighted by Crippen LogP contribution is 2.32. The monoisotopic (exact) mass is 484 g/mol. The van der Waals surface area contributed by atoms with Gasteiger partial charge in [0.05, 0.1) is 33.8 Å². The van der Waals surface area contributed by atoms with Gasteiger partial charge in [0.25, 0.3) is 0 Å². The van der Waals surface area contributed by atoms with E-state index in [0.717, 1.165) is 10.2 Å². The predicted molar refractivity (Wildman–Crippen MR) is 126 cm³/mol. The van der Waals surface area contributed by atoms with Gasteiger partial charge in [0.15, 0.2) is 5.13 Å². The molecular formula is C23H24N4O4S2. The number of thiazole rings is 1. The number of carbonyl (C=O) groups is 1. The first-order valence-corrected chi connectivity index (χ1v) is 12.9. The molecule has 1 amide bonds. The van der Waals surface area contributed by atoms with Crippen molar-refractivity contribution in [3.63, 3.8) is 0 Å². The van der Waals surface area contributed by atoms with Crippen LogP contribution in [0.15, 0.2) is 53.4 Å². The van der Waals surface area contributed by atoms with E-state index in [9.17, 15) is 18.5 Å². The summed E-state index contributed by atoms with van der Waals surface area (Å²) in [6.45, 7) is 1.19. The highest BCUT2D eigenvalue weighted by atomic mass is 32.2. The highest BCUT2D eigenvalue weighted by Gasteiger charge is 2.35. The Labute approximate surface area is 197 Å². The number of nitriles is 1. The van der Waals surface area contributed by atoms with E-state index in [1.807, 2.05) is 30.3 Å². The first-order chi connectivity index (χ1) is 16.0. The first-order valence-electron chi connectivity index (χ1n) is 10.6. The zero-order valence-corrected chi connectivity index (χ0v) is 19.8. The van der Waals surface area contributed by atoms with Crippen molar-refractivity contribution >= 4 is 42.6 Å². The molecule has 2 heterocycles. The number of nitrogens with zero attached hydrogens (tertiary/aromatic N) is 4. The maximum Gasteiger partial charge on any atom is 0.244 e. The zero-order valence-electron chi connectivity index (χ0n) is 18.2. The molecular weight excluding hydrogens is 460 g/mol. The van der Waals surface area contributed by atoms with Gasteiger partial charge in [-0.15, -0.1) is 0 Å². The van der Waals surface area contributed by atoms with E-state index < -0.39 is 10.0 Å². The lowest BCUT2D eigenvalue weighted by atomic mass is 9.96. The van der Waals surface area contributed by atoms with Crippen LogP contribution in [0, 0.1) is 17.2 Å². The lowest BCUT2D eigenvalue weighted by Crippen LogP contribution is -2.45. The average Bonchev–Trinajstić information content (AvgIpc) is 3.28. The quantitative estimate of drug-likeness (QED) is 0.510. The van der Waals surface area contributed by atoms with Crippen molar-refractivity contribution < 1.29 is 17.9 Å². The van der Waals surface area contributed by atoms with Crippen molar-refractivity contribution in [1.29, 1.82) is 5.26 Å². The SMILES string of the molecule is COCCN(C(=O)C1CCN(S(=O)(=O)c2ccccc2C#N)CC1)c1nc2ccccc2s1. The Kier molecular flexibility index (Phi) is 7.05. The molecule has 4 rings (SSSR count). The van der Waals surface area contributed by atoms with E-state index in [4.69, 9.17) is 4.74 Å². The normalized spacial score (nSPS) is 15.4. The van der Waals surface area contributed by atoms with E-state index in [0.29, 0.717) is 31.1 Å². The van der Waals surface area contributed by atoms with Gasteiger partial charge in [-0.2, -0.15) is 9.57 Å². The number of hydrogen-bond acceptors (Lipinski definition) is 7. The summed E-state index contributed by atoms with van der Waals surface area (Å²) >= 11 is 1.46. The van der Waals surface area contributed by atoms with Crippen LogP contribution in [0.4, 0.5) is 5.13 Å². The number of fused-ring (bicyclic) bond motifs is 1. The first kappa shape index (κ1) is 23.3. The smallest absolute Gasteiger partial charge is 0.244 e. The molecule has 0 N–H and O–H groups in total. The Bertz CT molecular complexity index is 1260. The minimum atomic E-state index is -3.80. The highest BCUT2D eigenvalue weighted by molar-refractivity contribution is 7.89. The molecule has 8 nitrogen and oxygen atoms in total. The van der Waals surface area contributed by atoms with E-state index in [2.05, 4.69) is 4.98 Å². The van der Waals surface area contributed by atoms with Crippen molar-refractivity contribution in [3.8, 4) is 6.07 Å². The van der Waals surface area contributed by atoms with Crippen molar-refractivity contribution in [3.05, 3.63) is 54.1 Å². The Hall–Kier alpha value is -2.84. The number of hydrogen-bond donors (Lipinski definition) is 0. The van der Waals surface area contributed by atoms with Gasteiger partial charge in [0.1, 0.15) is 6.07 Å². The average molecular weight is 485 g/mol. The fourth-order valence-electron chi connectivity index (χ4n) is 3.94. The molecule has 1 aliphatic heterocycles. The molecule has 0 aliphatic carbocycles. The van der Waals surface area contributed by atoms with Gasteiger partial charge in [-0.05, 0) is 37.1 Å². The minimum Gasteiger partial charge on any atom is -0.383 e. The predicted octanol–water partition coefficient (Wildman–Crippen LogP) is 3.25. The fourth-order valence-corrected chi connectivity index (χ4v) is 6.55. The van der Waals surface area contributed by atoms with E-state index >= 15 is 0 Å². The molecule has 0 atom stereocenters. The van der Waals surface area contributed by atoms with Gasteiger partial charge in [-0.25, -0.2) is 13.4 Å². The molecule has 172 valence electrons. The van der Waals surface area contributed by atoms with Crippen LogP contribution in [0.1, 0.15) is 18.4 Å². The van der Waals surface area contributed by atoms with E-state index in [1.165, 1.54) is 27.8 Å². The molecule has 1 aliphatic rings. The van der Waals surface area contributed by atoms with Crippen LogP contribution in [0.3, 0.4) is 0 Å². The molecule has 0 unspecified atom stereocenters. The third kappa shape index (κ3) is 4.77. The number of rotatable bonds is 7. The van der Waals surface area contributed by atoms with E-state index in [1.54, 1.807) is 24.1 Å². The Balaban J connectivity index is 1.50. The standard InChI is InChI=1S/C23H24N4O4S2/c1-31-15-14-27(23-25-19-7-3-4-8-20(19)32-23)22(28)17-10-12-26(13-11-17)33(29,30)21-9-5-2-6-18(21)16-24/h2-9,17H,10-15H2,1H3. The largest absolute Gasteiger partial charge is 0.383 e. The summed E-state index contributed by atoms with van der Waals surface area (Å²) < 4.78 is 33.8. The molecule has 1 aromatic heterocycles. The molecule has 0 spiro atoms. The second-order valence-corrected chi connectivity index (χ2v) is 10.6. The summed E-state index contributed by atoms with van der Waals surface area (Å²) in [5.74, 6) is -0.382. The Morgan fingerprint density at radius 1 is 1.21 bits per heavy atom. The number of methoxy groups -OCH3 is 1. The third-order valence-electron chi connectivity index (χ3n) is 5.73. The second kappa shape index (κ2) is 9.97. The molecule has 0 radical (unpaired) electrons. The van der Waals surface area contributed by atoms with Crippen LogP contribution >= 0.6 is 11.3 Å². The number of ether oxygens (including phenoxy) is 1. The maximum absolute atomic E-state index is 13.4. The minimum absolute atomic E-state index is 0.00785. The lowest BCUT2D eigenvalue weighted by Gasteiger charge is -2.33. The number of benzene rings is 2. The van der Waals surface area contributed by atoms with Crippen LogP contribution in [0.5, 0.6) is 0 Å². The summed E-state index contributed by atoms with van der Waals surface area (Å²) in [7, 11) is -2.22.